The highest BCUT2D eigenvalue weighted by molar-refractivity contribution is 6.90. The molecular weight excluding hydrogens is 617 g/mol. The van der Waals surface area contributed by atoms with E-state index in [4.69, 9.17) is 24.7 Å². The van der Waals surface area contributed by atoms with Crippen molar-refractivity contribution in [3.8, 4) is 0 Å². The molecule has 0 saturated carbocycles. The Bertz CT molecular complexity index is 646. The van der Waals surface area contributed by atoms with E-state index in [1.165, 1.54) is 11.3 Å². The number of hydrogen-bond donors (Lipinski definition) is 0. The van der Waals surface area contributed by atoms with Crippen LogP contribution in [0.4, 0.5) is 0 Å². The molecule has 0 spiro atoms. The van der Waals surface area contributed by atoms with Crippen LogP contribution < -0.4 is 0 Å². The molecule has 0 aromatic rings. The SMILES string of the molecule is C[Si](C)(C)O[SiH2]C[Si](C)(C)O[SiH2]C[Si](C)(C)O[SiH2]CC[Si](C)(O[Si](C)(C)C)O[Si](C)(C)O[Si](C)(C)C. The molecule has 0 aliphatic heterocycles. The van der Waals surface area contributed by atoms with Gasteiger partial charge in [-0.05, 0) is 128 Å². The molecule has 0 fully saturated rings. The third kappa shape index (κ3) is 21.7. The van der Waals surface area contributed by atoms with Crippen molar-refractivity contribution in [2.45, 2.75) is 128 Å². The molecule has 6 nitrogen and oxygen atoms in total. The minimum absolute atomic E-state index is 0.438. The molecule has 0 heterocycles. The van der Waals surface area contributed by atoms with Gasteiger partial charge in [-0.3, -0.25) is 0 Å². The molecule has 0 bridgehead atoms. The van der Waals surface area contributed by atoms with Crippen molar-refractivity contribution in [3.63, 3.8) is 0 Å². The monoisotopic (exact) mass is 678 g/mol. The quantitative estimate of drug-likeness (QED) is 0.136. The lowest BCUT2D eigenvalue weighted by atomic mass is 10.9. The summed E-state index contributed by atoms with van der Waals surface area (Å²) in [4.78, 5) is 0. The molecule has 0 aromatic carbocycles. The van der Waals surface area contributed by atoms with Crippen LogP contribution in [-0.4, -0.2) is 88.0 Å². The van der Waals surface area contributed by atoms with Gasteiger partial charge >= 0.3 is 17.1 Å². The van der Waals surface area contributed by atoms with Gasteiger partial charge in [0.2, 0.25) is 0 Å². The van der Waals surface area contributed by atoms with Gasteiger partial charge in [0.1, 0.15) is 29.3 Å². The summed E-state index contributed by atoms with van der Waals surface area (Å²) < 4.78 is 39.5. The highest BCUT2D eigenvalue weighted by atomic mass is 28.5. The molecule has 0 aromatic heterocycles. The molecule has 1 atom stereocenters. The fourth-order valence-corrected chi connectivity index (χ4v) is 42.2. The topological polar surface area (TPSA) is 55.4 Å². The van der Waals surface area contributed by atoms with Crippen molar-refractivity contribution in [2.75, 3.05) is 0 Å². The highest BCUT2D eigenvalue weighted by Crippen LogP contribution is 2.28. The number of hydrogen-bond acceptors (Lipinski definition) is 6. The van der Waals surface area contributed by atoms with Crippen LogP contribution in [0.5, 0.6) is 0 Å². The first-order valence-electron chi connectivity index (χ1n) is 13.8. The van der Waals surface area contributed by atoms with Crippen molar-refractivity contribution in [2.24, 2.45) is 0 Å². The smallest absolute Gasteiger partial charge is 0.315 e. The van der Waals surface area contributed by atoms with E-state index in [2.05, 4.69) is 105 Å². The molecule has 0 aliphatic carbocycles. The summed E-state index contributed by atoms with van der Waals surface area (Å²) in [6.45, 7) is 36.6. The van der Waals surface area contributed by atoms with Crippen LogP contribution in [0, 0.1) is 0 Å². The van der Waals surface area contributed by atoms with Crippen LogP contribution in [0.25, 0.3) is 0 Å². The van der Waals surface area contributed by atoms with Crippen LogP contribution >= 0.6 is 0 Å². The maximum absolute atomic E-state index is 6.83. The molecule has 0 rings (SSSR count). The third-order valence-electron chi connectivity index (χ3n) is 5.24. The fourth-order valence-electron chi connectivity index (χ4n) is 4.11. The fraction of sp³-hybridized carbons (Fsp3) is 1.00. The first-order valence-corrected chi connectivity index (χ1v) is 40.3. The summed E-state index contributed by atoms with van der Waals surface area (Å²) in [5.41, 5.74) is 2.46. The van der Waals surface area contributed by atoms with E-state index in [-0.39, 0.29) is 0 Å². The molecular formula is C20H62O6Si10. The minimum Gasteiger partial charge on any atom is -0.461 e. The van der Waals surface area contributed by atoms with E-state index >= 15 is 0 Å². The Balaban J connectivity index is 4.75. The van der Waals surface area contributed by atoms with Crippen LogP contribution in [0.15, 0.2) is 0 Å². The van der Waals surface area contributed by atoms with Gasteiger partial charge in [-0.15, -0.1) is 0 Å². The van der Waals surface area contributed by atoms with Gasteiger partial charge in [0.25, 0.3) is 0 Å². The molecule has 218 valence electrons. The molecule has 0 amide bonds. The van der Waals surface area contributed by atoms with Crippen LogP contribution in [0.3, 0.4) is 0 Å². The molecule has 36 heavy (non-hydrogen) atoms. The summed E-state index contributed by atoms with van der Waals surface area (Å²) >= 11 is 0. The highest BCUT2D eigenvalue weighted by Gasteiger charge is 2.44. The first kappa shape index (κ1) is 37.9. The van der Waals surface area contributed by atoms with Crippen molar-refractivity contribution >= 4 is 88.0 Å². The molecule has 16 heteroatoms. The summed E-state index contributed by atoms with van der Waals surface area (Å²) in [5.74, 6) is 0. The standard InChI is InChI=1S/C20H62O6Si10/c1-30(2,3)21-28-19-34(12,13)23-29-20-33(10,11)22-27-17-18-36(16,25-32(7,8)9)26-35(14,15)24-31(4,5)6/h17-20,27-29H2,1-16H3. The van der Waals surface area contributed by atoms with Gasteiger partial charge in [-0.1, -0.05) is 0 Å². The number of rotatable bonds is 19. The van der Waals surface area contributed by atoms with Gasteiger partial charge in [-0.25, -0.2) is 0 Å². The van der Waals surface area contributed by atoms with E-state index in [0.29, 0.717) is 0 Å². The Labute approximate surface area is 239 Å². The van der Waals surface area contributed by atoms with Gasteiger partial charge in [-0.2, -0.15) is 0 Å². The van der Waals surface area contributed by atoms with Gasteiger partial charge in [0.05, 0.1) is 0 Å². The molecule has 0 saturated heterocycles. The van der Waals surface area contributed by atoms with Crippen molar-refractivity contribution in [3.05, 3.63) is 0 Å². The predicted molar refractivity (Wildman–Crippen MR) is 185 cm³/mol. The van der Waals surface area contributed by atoms with E-state index in [1.54, 1.807) is 0 Å². The van der Waals surface area contributed by atoms with Gasteiger partial charge < -0.3 is 24.7 Å². The van der Waals surface area contributed by atoms with E-state index in [1.807, 2.05) is 0 Å². The van der Waals surface area contributed by atoms with Crippen molar-refractivity contribution in [1.29, 1.82) is 0 Å². The predicted octanol–water partition coefficient (Wildman–Crippen LogP) is 5.36. The van der Waals surface area contributed by atoms with Crippen LogP contribution in [-0.2, 0) is 24.7 Å². The average molecular weight is 680 g/mol. The summed E-state index contributed by atoms with van der Waals surface area (Å²) in [6.07, 6.45) is 0. The van der Waals surface area contributed by atoms with Gasteiger partial charge in [0, 0.05) is 0 Å². The molecule has 0 radical (unpaired) electrons. The van der Waals surface area contributed by atoms with E-state index < -0.39 is 88.0 Å². The third-order valence-corrected chi connectivity index (χ3v) is 43.6. The van der Waals surface area contributed by atoms with E-state index in [9.17, 15) is 0 Å². The van der Waals surface area contributed by atoms with Crippen LogP contribution in [0.1, 0.15) is 0 Å². The Morgan fingerprint density at radius 3 is 1.28 bits per heavy atom. The lowest BCUT2D eigenvalue weighted by Crippen LogP contribution is -2.56. The summed E-state index contributed by atoms with van der Waals surface area (Å²) in [6, 6.07) is 2.15. The normalized spacial score (nSPS) is 17.3. The lowest BCUT2D eigenvalue weighted by molar-refractivity contribution is 0.325. The van der Waals surface area contributed by atoms with Gasteiger partial charge in [0.15, 0.2) is 41.6 Å². The van der Waals surface area contributed by atoms with E-state index in [0.717, 1.165) is 12.1 Å². The zero-order valence-corrected chi connectivity index (χ0v) is 38.1. The summed E-state index contributed by atoms with van der Waals surface area (Å²) in [5, 5.41) is 0. The minimum atomic E-state index is -2.32. The Kier molecular flexibility index (Phi) is 15.5. The Hall–Kier alpha value is 1.93. The zero-order valence-electron chi connectivity index (χ0n) is 26.9. The molecule has 1 unspecified atom stereocenters. The second-order valence-electron chi connectivity index (χ2n) is 14.8. The first-order chi connectivity index (χ1) is 15.7. The zero-order chi connectivity index (χ0) is 28.7. The maximum Gasteiger partial charge on any atom is 0.315 e. The van der Waals surface area contributed by atoms with Crippen molar-refractivity contribution < 1.29 is 24.7 Å². The maximum atomic E-state index is 6.83. The lowest BCUT2D eigenvalue weighted by Gasteiger charge is -2.41. The Morgan fingerprint density at radius 1 is 0.444 bits per heavy atom. The summed E-state index contributed by atoms with van der Waals surface area (Å²) in [7, 11) is -14.1. The molecule has 0 N–H and O–H groups in total. The second kappa shape index (κ2) is 14.7. The van der Waals surface area contributed by atoms with Crippen molar-refractivity contribution in [1.82, 2.24) is 0 Å². The molecule has 0 aliphatic rings. The largest absolute Gasteiger partial charge is 0.461 e. The second-order valence-corrected chi connectivity index (χ2v) is 52.0. The average Bonchev–Trinajstić information content (AvgIpc) is 2.52. The van der Waals surface area contributed by atoms with Crippen LogP contribution in [0.2, 0.25) is 128 Å². The Morgan fingerprint density at radius 2 is 0.861 bits per heavy atom.